The molecule has 0 bridgehead atoms. The van der Waals surface area contributed by atoms with Gasteiger partial charge in [0.15, 0.2) is 0 Å². The van der Waals surface area contributed by atoms with Gasteiger partial charge in [0, 0.05) is 43.3 Å². The van der Waals surface area contributed by atoms with E-state index in [-0.39, 0.29) is 17.9 Å². The molecule has 2 aromatic carbocycles. The minimum atomic E-state index is 0.0481. The van der Waals surface area contributed by atoms with E-state index in [4.69, 9.17) is 9.47 Å². The van der Waals surface area contributed by atoms with Gasteiger partial charge in [-0.1, -0.05) is 49.7 Å². The van der Waals surface area contributed by atoms with E-state index in [1.165, 1.54) is 16.6 Å². The third kappa shape index (κ3) is 4.39. The van der Waals surface area contributed by atoms with E-state index in [1.54, 1.807) is 20.5 Å². The van der Waals surface area contributed by atoms with Crippen molar-refractivity contribution in [3.63, 3.8) is 0 Å². The van der Waals surface area contributed by atoms with Gasteiger partial charge in [-0.05, 0) is 47.9 Å². The summed E-state index contributed by atoms with van der Waals surface area (Å²) < 4.78 is 11.2. The molecule has 2 aliphatic heterocycles. The fourth-order valence-electron chi connectivity index (χ4n) is 6.32. The lowest BCUT2D eigenvalue weighted by molar-refractivity contribution is -0.127. The van der Waals surface area contributed by atoms with Crippen molar-refractivity contribution in [3.05, 3.63) is 77.2 Å². The van der Waals surface area contributed by atoms with Gasteiger partial charge in [-0.2, -0.15) is 0 Å². The minimum absolute atomic E-state index is 0.0481. The van der Waals surface area contributed by atoms with Gasteiger partial charge in [0.05, 0.1) is 32.1 Å². The lowest BCUT2D eigenvalue weighted by Gasteiger charge is -2.46. The van der Waals surface area contributed by atoms with Gasteiger partial charge in [0.2, 0.25) is 0 Å². The van der Waals surface area contributed by atoms with Crippen LogP contribution < -0.4 is 4.74 Å². The fourth-order valence-corrected chi connectivity index (χ4v) is 6.32. The number of aromatic nitrogens is 1. The number of amides is 1. The Morgan fingerprint density at radius 3 is 2.69 bits per heavy atom. The van der Waals surface area contributed by atoms with Crippen LogP contribution in [0.5, 0.6) is 5.75 Å². The highest BCUT2D eigenvalue weighted by Gasteiger charge is 2.43. The first-order chi connectivity index (χ1) is 17.5. The summed E-state index contributed by atoms with van der Waals surface area (Å²) in [7, 11) is 5.27. The minimum Gasteiger partial charge on any atom is -0.504 e. The van der Waals surface area contributed by atoms with Crippen LogP contribution in [-0.2, 0) is 22.5 Å². The highest BCUT2D eigenvalue weighted by Crippen LogP contribution is 2.47. The number of aromatic amines is 1. The number of piperidine rings is 1. The van der Waals surface area contributed by atoms with Crippen LogP contribution in [0.15, 0.2) is 60.4 Å². The number of nitrogens with zero attached hydrogens (tertiary/aromatic N) is 2. The number of benzene rings is 2. The van der Waals surface area contributed by atoms with Gasteiger partial charge >= 0.3 is 0 Å². The van der Waals surface area contributed by atoms with Gasteiger partial charge in [-0.3, -0.25) is 9.69 Å². The summed E-state index contributed by atoms with van der Waals surface area (Å²) >= 11 is 0. The number of ether oxygens (including phenoxy) is 2. The zero-order valence-corrected chi connectivity index (χ0v) is 21.8. The van der Waals surface area contributed by atoms with Crippen molar-refractivity contribution < 1.29 is 14.3 Å². The molecule has 0 saturated carbocycles. The second kappa shape index (κ2) is 10.4. The molecular formula is C30H37N3O3. The van der Waals surface area contributed by atoms with Gasteiger partial charge < -0.3 is 19.4 Å². The van der Waals surface area contributed by atoms with Crippen molar-refractivity contribution in [1.29, 1.82) is 0 Å². The van der Waals surface area contributed by atoms with Crippen LogP contribution in [0, 0.1) is 11.8 Å². The molecule has 2 aliphatic rings. The van der Waals surface area contributed by atoms with Crippen molar-refractivity contribution in [2.45, 2.75) is 38.8 Å². The molecule has 190 valence electrons. The highest BCUT2D eigenvalue weighted by molar-refractivity contribution is 5.94. The maximum Gasteiger partial charge on any atom is 0.253 e. The van der Waals surface area contributed by atoms with Crippen LogP contribution in [0.1, 0.15) is 42.6 Å². The summed E-state index contributed by atoms with van der Waals surface area (Å²) in [4.78, 5) is 21.9. The molecule has 0 aliphatic carbocycles. The number of H-pyrrole nitrogens is 1. The third-order valence-corrected chi connectivity index (χ3v) is 8.11. The Morgan fingerprint density at radius 1 is 1.17 bits per heavy atom. The lowest BCUT2D eigenvalue weighted by atomic mass is 9.73. The number of hydrogen-bond acceptors (Lipinski definition) is 4. The van der Waals surface area contributed by atoms with E-state index >= 15 is 0 Å². The quantitative estimate of drug-likeness (QED) is 0.362. The highest BCUT2D eigenvalue weighted by atomic mass is 16.5. The summed E-state index contributed by atoms with van der Waals surface area (Å²) in [6, 6.07) is 16.6. The topological polar surface area (TPSA) is 57.8 Å². The Bertz CT molecular complexity index is 1250. The molecule has 1 amide bonds. The molecule has 36 heavy (non-hydrogen) atoms. The summed E-state index contributed by atoms with van der Waals surface area (Å²) in [5.41, 5.74) is 5.67. The van der Waals surface area contributed by atoms with Gasteiger partial charge in [-0.15, -0.1) is 0 Å². The fraction of sp³-hybridized carbons (Fsp3) is 0.433. The van der Waals surface area contributed by atoms with Gasteiger partial charge in [0.1, 0.15) is 5.75 Å². The van der Waals surface area contributed by atoms with Crippen molar-refractivity contribution in [3.8, 4) is 5.75 Å². The molecule has 0 unspecified atom stereocenters. The van der Waals surface area contributed by atoms with Gasteiger partial charge in [0.25, 0.3) is 5.91 Å². The van der Waals surface area contributed by atoms with Crippen LogP contribution >= 0.6 is 0 Å². The number of rotatable bonds is 7. The first-order valence-electron chi connectivity index (χ1n) is 13.0. The molecule has 3 aromatic rings. The SMILES string of the molecule is CC[C@@H]1CN2CCc3c([nH]c4cccc(OC)c34)[C@@H]2C[C@@H]1/C(=C\OC)C(=O)N(C)Cc1ccccc1. The number of methoxy groups -OCH3 is 2. The maximum absolute atomic E-state index is 13.8. The third-order valence-electron chi connectivity index (χ3n) is 8.11. The van der Waals surface area contributed by atoms with E-state index < -0.39 is 0 Å². The Labute approximate surface area is 213 Å². The second-order valence-electron chi connectivity index (χ2n) is 10.1. The smallest absolute Gasteiger partial charge is 0.253 e. The number of likely N-dealkylation sites (N-methyl/N-ethyl adjacent to an activating group) is 1. The van der Waals surface area contributed by atoms with Gasteiger partial charge in [-0.25, -0.2) is 0 Å². The first kappa shape index (κ1) is 24.4. The molecule has 6 nitrogen and oxygen atoms in total. The van der Waals surface area contributed by atoms with E-state index in [9.17, 15) is 4.79 Å². The van der Waals surface area contributed by atoms with Crippen LogP contribution in [-0.4, -0.2) is 55.0 Å². The number of fused-ring (bicyclic) bond motifs is 5. The number of carbonyl (C=O) groups is 1. The predicted molar refractivity (Wildman–Crippen MR) is 143 cm³/mol. The molecule has 5 rings (SSSR count). The van der Waals surface area contributed by atoms with Crippen LogP contribution in [0.4, 0.5) is 0 Å². The molecule has 1 aromatic heterocycles. The zero-order valence-electron chi connectivity index (χ0n) is 21.8. The normalized spacial score (nSPS) is 22.1. The average molecular weight is 488 g/mol. The monoisotopic (exact) mass is 487 g/mol. The summed E-state index contributed by atoms with van der Waals surface area (Å²) in [6.45, 7) is 4.82. The van der Waals surface area contributed by atoms with Crippen molar-refractivity contribution in [2.24, 2.45) is 11.8 Å². The Hall–Kier alpha value is -3.25. The standard InChI is InChI=1S/C30H37N3O3/c1-5-21-18-33-15-14-22-28-25(12-9-13-27(28)36-4)31-29(22)26(33)16-23(21)24(19-35-3)30(34)32(2)17-20-10-7-6-8-11-20/h6-13,19,21,23,26,31H,5,14-18H2,1-4H3/b24-19+/t21-,23+,26+/m1/s1. The second-order valence-corrected chi connectivity index (χ2v) is 10.1. The molecule has 3 heterocycles. The summed E-state index contributed by atoms with van der Waals surface area (Å²) in [5.74, 6) is 1.50. The van der Waals surface area contributed by atoms with Crippen molar-refractivity contribution >= 4 is 16.8 Å². The maximum atomic E-state index is 13.8. The molecule has 1 N–H and O–H groups in total. The molecule has 0 spiro atoms. The molecule has 0 radical (unpaired) electrons. The zero-order chi connectivity index (χ0) is 25.2. The molecule has 6 heteroatoms. The molecule has 3 atom stereocenters. The van der Waals surface area contributed by atoms with E-state index in [1.807, 2.05) is 42.3 Å². The lowest BCUT2D eigenvalue weighted by Crippen LogP contribution is -2.47. The van der Waals surface area contributed by atoms with Crippen molar-refractivity contribution in [1.82, 2.24) is 14.8 Å². The van der Waals surface area contributed by atoms with Crippen LogP contribution in [0.25, 0.3) is 10.9 Å². The van der Waals surface area contributed by atoms with Crippen LogP contribution in [0.2, 0.25) is 0 Å². The molecule has 1 fully saturated rings. The number of carbonyl (C=O) groups excluding carboxylic acids is 1. The first-order valence-corrected chi connectivity index (χ1v) is 13.0. The van der Waals surface area contributed by atoms with E-state index in [0.29, 0.717) is 12.5 Å². The Balaban J connectivity index is 1.46. The summed E-state index contributed by atoms with van der Waals surface area (Å²) in [5, 5.41) is 1.20. The number of nitrogens with one attached hydrogen (secondary N) is 1. The predicted octanol–water partition coefficient (Wildman–Crippen LogP) is 5.31. The van der Waals surface area contributed by atoms with E-state index in [0.717, 1.165) is 54.8 Å². The Morgan fingerprint density at radius 2 is 1.97 bits per heavy atom. The molecule has 1 saturated heterocycles. The Kier molecular flexibility index (Phi) is 7.06. The molecular weight excluding hydrogens is 450 g/mol. The van der Waals surface area contributed by atoms with Crippen LogP contribution in [0.3, 0.4) is 0 Å². The largest absolute Gasteiger partial charge is 0.504 e. The van der Waals surface area contributed by atoms with E-state index in [2.05, 4.69) is 35.0 Å². The summed E-state index contributed by atoms with van der Waals surface area (Å²) in [6.07, 6.45) is 4.62. The average Bonchev–Trinajstić information content (AvgIpc) is 3.30. The number of hydrogen-bond donors (Lipinski definition) is 1. The van der Waals surface area contributed by atoms with Crippen molar-refractivity contribution in [2.75, 3.05) is 34.4 Å².